The van der Waals surface area contributed by atoms with Gasteiger partial charge in [0, 0.05) is 23.2 Å². The molecule has 86 valence electrons. The zero-order chi connectivity index (χ0) is 11.6. The molecule has 0 aromatic carbocycles. The molecule has 1 fully saturated rings. The highest BCUT2D eigenvalue weighted by atomic mass is 35.5. The van der Waals surface area contributed by atoms with E-state index in [0.717, 1.165) is 0 Å². The second kappa shape index (κ2) is 4.54. The first-order chi connectivity index (χ1) is 6.80. The number of hydrogen-bond donors (Lipinski definition) is 0. The van der Waals surface area contributed by atoms with E-state index in [2.05, 4.69) is 9.47 Å². The summed E-state index contributed by atoms with van der Waals surface area (Å²) < 4.78 is 31.2. The lowest BCUT2D eigenvalue weighted by Crippen LogP contribution is -2.31. The number of hydrogen-bond acceptors (Lipinski definition) is 6. The van der Waals surface area contributed by atoms with Crippen LogP contribution in [0.1, 0.15) is 0 Å². The van der Waals surface area contributed by atoms with Crippen LogP contribution in [0.15, 0.2) is 0 Å². The van der Waals surface area contributed by atoms with Crippen LogP contribution in [-0.4, -0.2) is 43.0 Å². The normalized spacial score (nSPS) is 28.4. The molecule has 0 spiro atoms. The summed E-state index contributed by atoms with van der Waals surface area (Å²) in [7, 11) is -3.41. The van der Waals surface area contributed by atoms with E-state index in [1.165, 1.54) is 0 Å². The van der Waals surface area contributed by atoms with Crippen LogP contribution in [0.4, 0.5) is 9.59 Å². The second-order valence-corrected chi connectivity index (χ2v) is 5.64. The number of carbonyl (C=O) groups is 2. The van der Waals surface area contributed by atoms with E-state index < -0.39 is 44.4 Å². The SMILES string of the molecule is O=C(Cl)OC1CS(=O)(=O)CC1OC(=O)Cl. The fourth-order valence-corrected chi connectivity index (χ4v) is 3.17. The van der Waals surface area contributed by atoms with Crippen molar-refractivity contribution in [1.82, 2.24) is 0 Å². The molecule has 0 saturated carbocycles. The van der Waals surface area contributed by atoms with Gasteiger partial charge >= 0.3 is 10.9 Å². The van der Waals surface area contributed by atoms with Gasteiger partial charge in [-0.25, -0.2) is 18.0 Å². The van der Waals surface area contributed by atoms with Crippen LogP contribution in [0.25, 0.3) is 0 Å². The first-order valence-corrected chi connectivity index (χ1v) is 6.30. The highest BCUT2D eigenvalue weighted by Gasteiger charge is 2.42. The minimum Gasteiger partial charge on any atom is -0.445 e. The Morgan fingerprint density at radius 3 is 1.60 bits per heavy atom. The molecule has 0 amide bonds. The monoisotopic (exact) mass is 276 g/mol. The van der Waals surface area contributed by atoms with Crippen molar-refractivity contribution in [1.29, 1.82) is 0 Å². The molecule has 1 rings (SSSR count). The molecule has 15 heavy (non-hydrogen) atoms. The Bertz CT molecular complexity index is 347. The Kier molecular flexibility index (Phi) is 3.80. The molecule has 2 unspecified atom stereocenters. The highest BCUT2D eigenvalue weighted by Crippen LogP contribution is 2.20. The first kappa shape index (κ1) is 12.5. The molecule has 6 nitrogen and oxygen atoms in total. The molecule has 1 saturated heterocycles. The Morgan fingerprint density at radius 1 is 1.00 bits per heavy atom. The Balaban J connectivity index is 2.74. The van der Waals surface area contributed by atoms with Crippen molar-refractivity contribution in [3.63, 3.8) is 0 Å². The van der Waals surface area contributed by atoms with Gasteiger partial charge < -0.3 is 9.47 Å². The largest absolute Gasteiger partial charge is 0.445 e. The van der Waals surface area contributed by atoms with Crippen LogP contribution in [-0.2, 0) is 19.3 Å². The molecule has 0 aromatic heterocycles. The summed E-state index contributed by atoms with van der Waals surface area (Å²) in [6, 6.07) is 0. The lowest BCUT2D eigenvalue weighted by molar-refractivity contribution is 0.0365. The minimum absolute atomic E-state index is 0.430. The summed E-state index contributed by atoms with van der Waals surface area (Å²) in [5.74, 6) is -0.861. The van der Waals surface area contributed by atoms with E-state index in [-0.39, 0.29) is 0 Å². The fraction of sp³-hybridized carbons (Fsp3) is 0.667. The predicted octanol–water partition coefficient (Wildman–Crippen LogP) is 0.903. The van der Waals surface area contributed by atoms with Crippen LogP contribution in [0, 0.1) is 0 Å². The standard InChI is InChI=1S/C6H6Cl2O6S/c7-5(9)13-3-1-15(11,12)2-4(3)14-6(8)10/h3-4H,1-2H2. The number of ether oxygens (including phenoxy) is 2. The van der Waals surface area contributed by atoms with Gasteiger partial charge in [-0.2, -0.15) is 0 Å². The van der Waals surface area contributed by atoms with Gasteiger partial charge in [0.1, 0.15) is 0 Å². The van der Waals surface area contributed by atoms with Crippen molar-refractivity contribution in [3.8, 4) is 0 Å². The molecule has 0 radical (unpaired) electrons. The maximum absolute atomic E-state index is 11.1. The predicted molar refractivity (Wildman–Crippen MR) is 50.9 cm³/mol. The van der Waals surface area contributed by atoms with Gasteiger partial charge in [0.25, 0.3) is 0 Å². The second-order valence-electron chi connectivity index (χ2n) is 2.86. The van der Waals surface area contributed by atoms with Crippen LogP contribution in [0.2, 0.25) is 0 Å². The molecule has 1 aliphatic rings. The zero-order valence-corrected chi connectivity index (χ0v) is 9.51. The van der Waals surface area contributed by atoms with Gasteiger partial charge in [-0.05, 0) is 0 Å². The van der Waals surface area contributed by atoms with Crippen molar-refractivity contribution in [2.75, 3.05) is 11.5 Å². The summed E-state index contributed by atoms with van der Waals surface area (Å²) in [4.78, 5) is 20.8. The molecule has 0 aromatic rings. The lowest BCUT2D eigenvalue weighted by Gasteiger charge is -2.15. The summed E-state index contributed by atoms with van der Waals surface area (Å²) >= 11 is 9.85. The van der Waals surface area contributed by atoms with Crippen LogP contribution in [0.5, 0.6) is 0 Å². The molecule has 0 bridgehead atoms. The van der Waals surface area contributed by atoms with Crippen molar-refractivity contribution in [3.05, 3.63) is 0 Å². The third-order valence-electron chi connectivity index (χ3n) is 1.74. The van der Waals surface area contributed by atoms with Gasteiger partial charge in [-0.15, -0.1) is 0 Å². The zero-order valence-electron chi connectivity index (χ0n) is 7.18. The molecule has 2 atom stereocenters. The van der Waals surface area contributed by atoms with Crippen molar-refractivity contribution >= 4 is 43.9 Å². The third-order valence-corrected chi connectivity index (χ3v) is 3.59. The average molecular weight is 277 g/mol. The van der Waals surface area contributed by atoms with Gasteiger partial charge in [0.15, 0.2) is 22.0 Å². The van der Waals surface area contributed by atoms with Crippen molar-refractivity contribution in [2.45, 2.75) is 12.2 Å². The molecule has 9 heteroatoms. The maximum atomic E-state index is 11.1. The summed E-state index contributed by atoms with van der Waals surface area (Å²) in [5.41, 5.74) is -2.32. The maximum Gasteiger partial charge on any atom is 0.404 e. The van der Waals surface area contributed by atoms with Gasteiger partial charge in [0.05, 0.1) is 11.5 Å². The quantitative estimate of drug-likeness (QED) is 0.697. The van der Waals surface area contributed by atoms with Crippen molar-refractivity contribution in [2.24, 2.45) is 0 Å². The molecular formula is C6H6Cl2O6S. The molecule has 1 aliphatic heterocycles. The Morgan fingerprint density at radius 2 is 1.33 bits per heavy atom. The summed E-state index contributed by atoms with van der Waals surface area (Å²) in [6.45, 7) is 0. The highest BCUT2D eigenvalue weighted by molar-refractivity contribution is 7.91. The summed E-state index contributed by atoms with van der Waals surface area (Å²) in [6.07, 6.45) is -2.19. The Labute approximate surface area is 95.3 Å². The molecule has 0 aliphatic carbocycles. The van der Waals surface area contributed by atoms with Crippen LogP contribution < -0.4 is 0 Å². The minimum atomic E-state index is -3.41. The topological polar surface area (TPSA) is 86.7 Å². The fourth-order valence-electron chi connectivity index (χ4n) is 1.24. The van der Waals surface area contributed by atoms with E-state index in [1.807, 2.05) is 0 Å². The average Bonchev–Trinajstić information content (AvgIpc) is 2.22. The first-order valence-electron chi connectivity index (χ1n) is 3.73. The van der Waals surface area contributed by atoms with Crippen LogP contribution in [0.3, 0.4) is 0 Å². The van der Waals surface area contributed by atoms with E-state index in [1.54, 1.807) is 0 Å². The number of halogens is 2. The van der Waals surface area contributed by atoms with E-state index in [9.17, 15) is 18.0 Å². The van der Waals surface area contributed by atoms with E-state index >= 15 is 0 Å². The van der Waals surface area contributed by atoms with Gasteiger partial charge in [-0.3, -0.25) is 0 Å². The smallest absolute Gasteiger partial charge is 0.404 e. The number of rotatable bonds is 2. The number of sulfone groups is 1. The van der Waals surface area contributed by atoms with E-state index in [0.29, 0.717) is 0 Å². The van der Waals surface area contributed by atoms with Crippen molar-refractivity contribution < 1.29 is 27.5 Å². The van der Waals surface area contributed by atoms with Crippen LogP contribution >= 0.6 is 23.2 Å². The molecule has 0 N–H and O–H groups in total. The third kappa shape index (κ3) is 3.84. The van der Waals surface area contributed by atoms with E-state index in [4.69, 9.17) is 23.2 Å². The lowest BCUT2D eigenvalue weighted by atomic mass is 10.2. The van der Waals surface area contributed by atoms with Gasteiger partial charge in [-0.1, -0.05) is 0 Å². The molecule has 1 heterocycles. The molecular weight excluding hydrogens is 271 g/mol. The van der Waals surface area contributed by atoms with Gasteiger partial charge in [0.2, 0.25) is 0 Å². The number of carbonyl (C=O) groups excluding carboxylic acids is 2. The summed E-state index contributed by atoms with van der Waals surface area (Å²) in [5, 5.41) is 0. The Hall–Kier alpha value is -0.530.